The van der Waals surface area contributed by atoms with E-state index in [1.165, 1.54) is 0 Å². The second-order valence-electron chi connectivity index (χ2n) is 7.73. The van der Waals surface area contributed by atoms with Crippen LogP contribution in [0.25, 0.3) is 11.1 Å². The third kappa shape index (κ3) is 3.29. The molecule has 0 atom stereocenters. The van der Waals surface area contributed by atoms with Crippen molar-refractivity contribution >= 4 is 11.7 Å². The standard InChI is InChI=1S/C22H24N2O3/c1-22(2,24-9-11-27-12-10-24)14-23-21(26)15-7-8-17-16-5-3-4-6-18(16)20(25)19(17)13-15/h3-8,13H,9-12,14H2,1-2H3,(H,23,26). The van der Waals surface area contributed by atoms with Gasteiger partial charge >= 0.3 is 0 Å². The van der Waals surface area contributed by atoms with Crippen molar-refractivity contribution in [3.63, 3.8) is 0 Å². The van der Waals surface area contributed by atoms with Gasteiger partial charge in [-0.3, -0.25) is 14.5 Å². The Hall–Kier alpha value is -2.50. The molecule has 140 valence electrons. The number of carbonyl (C=O) groups excluding carboxylic acids is 2. The molecule has 0 saturated carbocycles. The van der Waals surface area contributed by atoms with Gasteiger partial charge in [0.15, 0.2) is 5.78 Å². The summed E-state index contributed by atoms with van der Waals surface area (Å²) in [6.07, 6.45) is 0. The molecule has 1 heterocycles. The lowest BCUT2D eigenvalue weighted by molar-refractivity contribution is -0.00923. The van der Waals surface area contributed by atoms with E-state index in [0.717, 1.165) is 37.4 Å². The van der Waals surface area contributed by atoms with Gasteiger partial charge in [-0.15, -0.1) is 0 Å². The first kappa shape index (κ1) is 17.9. The number of hydrogen-bond donors (Lipinski definition) is 1. The molecule has 0 bridgehead atoms. The highest BCUT2D eigenvalue weighted by atomic mass is 16.5. The van der Waals surface area contributed by atoms with Crippen LogP contribution in [0, 0.1) is 0 Å². The minimum absolute atomic E-state index is 0.0103. The largest absolute Gasteiger partial charge is 0.379 e. The van der Waals surface area contributed by atoms with Crippen LogP contribution in [0.2, 0.25) is 0 Å². The number of carbonyl (C=O) groups is 2. The molecule has 1 fully saturated rings. The number of morpholine rings is 1. The monoisotopic (exact) mass is 364 g/mol. The zero-order valence-electron chi connectivity index (χ0n) is 15.7. The number of nitrogens with zero attached hydrogens (tertiary/aromatic N) is 1. The smallest absolute Gasteiger partial charge is 0.251 e. The van der Waals surface area contributed by atoms with E-state index in [0.29, 0.717) is 23.2 Å². The van der Waals surface area contributed by atoms with Crippen molar-refractivity contribution in [2.24, 2.45) is 0 Å². The second kappa shape index (κ2) is 6.91. The average molecular weight is 364 g/mol. The van der Waals surface area contributed by atoms with Crippen LogP contribution < -0.4 is 5.32 Å². The number of rotatable bonds is 4. The average Bonchev–Trinajstić information content (AvgIpc) is 2.99. The molecule has 1 aliphatic carbocycles. The van der Waals surface area contributed by atoms with E-state index < -0.39 is 0 Å². The van der Waals surface area contributed by atoms with E-state index in [1.54, 1.807) is 12.1 Å². The van der Waals surface area contributed by atoms with Crippen LogP contribution in [0.1, 0.15) is 40.1 Å². The van der Waals surface area contributed by atoms with Gasteiger partial charge in [0.25, 0.3) is 5.91 Å². The van der Waals surface area contributed by atoms with Gasteiger partial charge in [0.1, 0.15) is 0 Å². The summed E-state index contributed by atoms with van der Waals surface area (Å²) in [5.74, 6) is -0.160. The Morgan fingerprint density at radius 2 is 1.70 bits per heavy atom. The quantitative estimate of drug-likeness (QED) is 0.773. The van der Waals surface area contributed by atoms with Crippen LogP contribution in [-0.4, -0.2) is 55.0 Å². The number of amides is 1. The topological polar surface area (TPSA) is 58.6 Å². The van der Waals surface area contributed by atoms with Gasteiger partial charge in [-0.05, 0) is 37.1 Å². The molecule has 0 spiro atoms. The van der Waals surface area contributed by atoms with Crippen molar-refractivity contribution in [3.05, 3.63) is 59.2 Å². The Morgan fingerprint density at radius 1 is 1.04 bits per heavy atom. The molecular formula is C22H24N2O3. The normalized spacial score (nSPS) is 16.7. The lowest BCUT2D eigenvalue weighted by atomic mass is 10.0. The van der Waals surface area contributed by atoms with Gasteiger partial charge in [0, 0.05) is 41.9 Å². The number of fused-ring (bicyclic) bond motifs is 3. The SMILES string of the molecule is CC(C)(CNC(=O)c1ccc2c(c1)C(=O)c1ccccc1-2)N1CCOCC1. The first-order chi connectivity index (χ1) is 13.0. The highest BCUT2D eigenvalue weighted by Crippen LogP contribution is 2.36. The molecular weight excluding hydrogens is 340 g/mol. The maximum Gasteiger partial charge on any atom is 0.251 e. The summed E-state index contributed by atoms with van der Waals surface area (Å²) in [6, 6.07) is 13.0. The fraction of sp³-hybridized carbons (Fsp3) is 0.364. The minimum atomic E-state index is -0.151. The van der Waals surface area contributed by atoms with Crippen molar-refractivity contribution in [3.8, 4) is 11.1 Å². The highest BCUT2D eigenvalue weighted by Gasteiger charge is 2.30. The molecule has 27 heavy (non-hydrogen) atoms. The number of benzene rings is 2. The van der Waals surface area contributed by atoms with Crippen molar-refractivity contribution in [2.75, 3.05) is 32.8 Å². The number of nitrogens with one attached hydrogen (secondary N) is 1. The molecule has 5 nitrogen and oxygen atoms in total. The van der Waals surface area contributed by atoms with Crippen LogP contribution in [0.4, 0.5) is 0 Å². The highest BCUT2D eigenvalue weighted by molar-refractivity contribution is 6.22. The number of ketones is 1. The van der Waals surface area contributed by atoms with Crippen LogP contribution in [0.3, 0.4) is 0 Å². The third-order valence-corrected chi connectivity index (χ3v) is 5.54. The number of ether oxygens (including phenoxy) is 1. The summed E-state index contributed by atoms with van der Waals surface area (Å²) in [7, 11) is 0. The fourth-order valence-corrected chi connectivity index (χ4v) is 3.85. The van der Waals surface area contributed by atoms with E-state index in [9.17, 15) is 9.59 Å². The van der Waals surface area contributed by atoms with Gasteiger partial charge in [0.05, 0.1) is 13.2 Å². The van der Waals surface area contributed by atoms with Crippen LogP contribution in [0.5, 0.6) is 0 Å². The van der Waals surface area contributed by atoms with E-state index >= 15 is 0 Å². The van der Waals surface area contributed by atoms with Crippen LogP contribution >= 0.6 is 0 Å². The molecule has 0 unspecified atom stereocenters. The molecule has 1 amide bonds. The molecule has 1 N–H and O–H groups in total. The van der Waals surface area contributed by atoms with E-state index in [1.807, 2.05) is 30.3 Å². The van der Waals surface area contributed by atoms with Gasteiger partial charge in [-0.25, -0.2) is 0 Å². The lowest BCUT2D eigenvalue weighted by Crippen LogP contribution is -2.55. The molecule has 2 aromatic rings. The molecule has 0 aromatic heterocycles. The molecule has 0 radical (unpaired) electrons. The van der Waals surface area contributed by atoms with Gasteiger partial charge in [0.2, 0.25) is 0 Å². The zero-order chi connectivity index (χ0) is 19.0. The summed E-state index contributed by atoms with van der Waals surface area (Å²) in [4.78, 5) is 27.7. The summed E-state index contributed by atoms with van der Waals surface area (Å²) < 4.78 is 5.41. The Balaban J connectivity index is 1.48. The second-order valence-corrected chi connectivity index (χ2v) is 7.73. The predicted octanol–water partition coefficient (Wildman–Crippen LogP) is 2.74. The minimum Gasteiger partial charge on any atom is -0.379 e. The third-order valence-electron chi connectivity index (χ3n) is 5.54. The van der Waals surface area contributed by atoms with Crippen LogP contribution in [0.15, 0.2) is 42.5 Å². The van der Waals surface area contributed by atoms with E-state index in [4.69, 9.17) is 4.74 Å². The molecule has 4 rings (SSSR count). The summed E-state index contributed by atoms with van der Waals surface area (Å²) in [5, 5.41) is 3.03. The molecule has 1 saturated heterocycles. The van der Waals surface area contributed by atoms with Gasteiger partial charge in [-0.2, -0.15) is 0 Å². The first-order valence-corrected chi connectivity index (χ1v) is 9.36. The molecule has 1 aliphatic heterocycles. The Morgan fingerprint density at radius 3 is 2.44 bits per heavy atom. The molecule has 2 aromatic carbocycles. The Labute approximate surface area is 159 Å². The maximum absolute atomic E-state index is 12.7. The Kier molecular flexibility index (Phi) is 4.58. The summed E-state index contributed by atoms with van der Waals surface area (Å²) in [5.41, 5.74) is 3.53. The van der Waals surface area contributed by atoms with Crippen molar-refractivity contribution < 1.29 is 14.3 Å². The van der Waals surface area contributed by atoms with Crippen molar-refractivity contribution in [1.82, 2.24) is 10.2 Å². The van der Waals surface area contributed by atoms with Crippen molar-refractivity contribution in [2.45, 2.75) is 19.4 Å². The fourth-order valence-electron chi connectivity index (χ4n) is 3.85. The Bertz CT molecular complexity index is 898. The number of hydrogen-bond acceptors (Lipinski definition) is 4. The zero-order valence-corrected chi connectivity index (χ0v) is 15.7. The summed E-state index contributed by atoms with van der Waals surface area (Å²) >= 11 is 0. The van der Waals surface area contributed by atoms with Gasteiger partial charge in [-0.1, -0.05) is 30.3 Å². The van der Waals surface area contributed by atoms with Crippen LogP contribution in [-0.2, 0) is 4.74 Å². The summed E-state index contributed by atoms with van der Waals surface area (Å²) in [6.45, 7) is 7.98. The predicted molar refractivity (Wildman–Crippen MR) is 104 cm³/mol. The van der Waals surface area contributed by atoms with Gasteiger partial charge < -0.3 is 10.1 Å². The maximum atomic E-state index is 12.7. The lowest BCUT2D eigenvalue weighted by Gasteiger charge is -2.40. The molecule has 2 aliphatic rings. The van der Waals surface area contributed by atoms with Crippen molar-refractivity contribution in [1.29, 1.82) is 0 Å². The first-order valence-electron chi connectivity index (χ1n) is 9.36. The molecule has 5 heteroatoms. The van der Waals surface area contributed by atoms with E-state index in [-0.39, 0.29) is 17.2 Å². The van der Waals surface area contributed by atoms with E-state index in [2.05, 4.69) is 24.1 Å².